The Labute approximate surface area is 192 Å². The predicted octanol–water partition coefficient (Wildman–Crippen LogP) is -5.02. The molecule has 0 aliphatic carbocycles. The molecule has 3 amide bonds. The quantitative estimate of drug-likeness (QED) is 0.190. The van der Waals surface area contributed by atoms with E-state index in [9.17, 15) is 40.2 Å². The lowest BCUT2D eigenvalue weighted by Gasteiger charge is -2.39. The molecule has 3 saturated heterocycles. The fourth-order valence-electron chi connectivity index (χ4n) is 4.01. The highest BCUT2D eigenvalue weighted by Crippen LogP contribution is 2.27. The van der Waals surface area contributed by atoms with Crippen LogP contribution >= 0.6 is 0 Å². The van der Waals surface area contributed by atoms with E-state index >= 15 is 0 Å². The lowest BCUT2D eigenvalue weighted by Crippen LogP contribution is -2.59. The number of urea groups is 1. The molecule has 4 rings (SSSR count). The first-order valence-corrected chi connectivity index (χ1v) is 10.6. The Kier molecular flexibility index (Phi) is 7.41. The van der Waals surface area contributed by atoms with Gasteiger partial charge in [0.1, 0.15) is 48.4 Å². The van der Waals surface area contributed by atoms with Crippen molar-refractivity contribution in [3.63, 3.8) is 0 Å². The minimum Gasteiger partial charge on any atom is -0.394 e. The predicted molar refractivity (Wildman–Crippen MR) is 104 cm³/mol. The van der Waals surface area contributed by atoms with E-state index in [1.807, 2.05) is 0 Å². The molecule has 0 radical (unpaired) electrons. The number of ether oxygens (including phenoxy) is 3. The van der Waals surface area contributed by atoms with Gasteiger partial charge in [-0.2, -0.15) is 0 Å². The Morgan fingerprint density at radius 2 is 1.76 bits per heavy atom. The van der Waals surface area contributed by atoms with Crippen molar-refractivity contribution in [3.05, 3.63) is 11.9 Å². The summed E-state index contributed by atoms with van der Waals surface area (Å²) >= 11 is 0. The van der Waals surface area contributed by atoms with Gasteiger partial charge >= 0.3 is 6.03 Å². The van der Waals surface area contributed by atoms with E-state index in [2.05, 4.69) is 15.6 Å². The fourth-order valence-corrected chi connectivity index (χ4v) is 4.01. The van der Waals surface area contributed by atoms with Crippen LogP contribution in [0.4, 0.5) is 4.79 Å². The third-order valence-corrected chi connectivity index (χ3v) is 5.93. The Balaban J connectivity index is 1.32. The number of hydrogen-bond donors (Lipinski definition) is 7. The molecule has 0 aromatic carbocycles. The van der Waals surface area contributed by atoms with Gasteiger partial charge in [-0.3, -0.25) is 15.0 Å². The summed E-state index contributed by atoms with van der Waals surface area (Å²) in [5, 5.41) is 69.5. The van der Waals surface area contributed by atoms with Crippen LogP contribution in [0, 0.1) is 0 Å². The molecule has 1 aromatic rings. The van der Waals surface area contributed by atoms with Gasteiger partial charge < -0.3 is 44.8 Å². The zero-order chi connectivity index (χ0) is 24.6. The second kappa shape index (κ2) is 10.1. The van der Waals surface area contributed by atoms with Gasteiger partial charge in [-0.1, -0.05) is 5.21 Å². The zero-order valence-electron chi connectivity index (χ0n) is 17.8. The first-order valence-electron chi connectivity index (χ1n) is 10.6. The number of nitrogens with one attached hydrogen (secondary N) is 1. The topological polar surface area (TPSA) is 229 Å². The van der Waals surface area contributed by atoms with E-state index in [1.54, 1.807) is 0 Å². The van der Waals surface area contributed by atoms with Crippen molar-refractivity contribution in [3.8, 4) is 0 Å². The normalized spacial score (nSPS) is 38.9. The van der Waals surface area contributed by atoms with Crippen LogP contribution in [0.3, 0.4) is 0 Å². The van der Waals surface area contributed by atoms with E-state index in [0.29, 0.717) is 0 Å². The highest BCUT2D eigenvalue weighted by Gasteiger charge is 2.48. The Hall–Kier alpha value is -2.28. The first kappa shape index (κ1) is 24.8. The monoisotopic (exact) mass is 489 g/mol. The van der Waals surface area contributed by atoms with Crippen LogP contribution in [-0.4, -0.2) is 131 Å². The molecule has 4 heterocycles. The lowest BCUT2D eigenvalue weighted by molar-refractivity contribution is -0.304. The summed E-state index contributed by atoms with van der Waals surface area (Å²) in [6, 6.07) is -0.721. The number of carbonyl (C=O) groups excluding carboxylic acids is 2. The highest BCUT2D eigenvalue weighted by atomic mass is 16.7. The van der Waals surface area contributed by atoms with Crippen molar-refractivity contribution < 1.29 is 54.4 Å². The van der Waals surface area contributed by atoms with Gasteiger partial charge in [-0.15, -0.1) is 5.10 Å². The Morgan fingerprint density at radius 3 is 2.47 bits per heavy atom. The van der Waals surface area contributed by atoms with Crippen molar-refractivity contribution in [2.45, 2.75) is 74.8 Å². The van der Waals surface area contributed by atoms with E-state index in [4.69, 9.17) is 14.2 Å². The number of amides is 3. The van der Waals surface area contributed by atoms with E-state index in [-0.39, 0.29) is 31.8 Å². The molecule has 0 saturated carbocycles. The van der Waals surface area contributed by atoms with Crippen molar-refractivity contribution in [2.75, 3.05) is 13.2 Å². The maximum Gasteiger partial charge on any atom is 0.326 e. The van der Waals surface area contributed by atoms with Crippen LogP contribution in [0.25, 0.3) is 0 Å². The fraction of sp³-hybridized carbons (Fsp3) is 0.778. The molecule has 1 aromatic heterocycles. The average molecular weight is 489 g/mol. The van der Waals surface area contributed by atoms with Gasteiger partial charge in [0.15, 0.2) is 12.5 Å². The molecule has 190 valence electrons. The number of hydrogen-bond acceptors (Lipinski definition) is 13. The van der Waals surface area contributed by atoms with Gasteiger partial charge in [-0.05, 0) is 0 Å². The zero-order valence-corrected chi connectivity index (χ0v) is 17.8. The molecule has 3 fully saturated rings. The van der Waals surface area contributed by atoms with Crippen molar-refractivity contribution in [2.24, 2.45) is 0 Å². The van der Waals surface area contributed by atoms with Gasteiger partial charge in [0.25, 0.3) is 0 Å². The lowest BCUT2D eigenvalue weighted by atomic mass is 9.99. The number of imide groups is 1. The molecule has 16 nitrogen and oxygen atoms in total. The van der Waals surface area contributed by atoms with Crippen LogP contribution < -0.4 is 5.32 Å². The highest BCUT2D eigenvalue weighted by molar-refractivity contribution is 5.96. The minimum atomic E-state index is -1.58. The molecular weight excluding hydrogens is 462 g/mol. The summed E-state index contributed by atoms with van der Waals surface area (Å²) in [5.74, 6) is -0.438. The summed E-state index contributed by atoms with van der Waals surface area (Å²) in [4.78, 5) is 24.5. The molecule has 7 N–H and O–H groups in total. The van der Waals surface area contributed by atoms with E-state index < -0.39 is 73.8 Å². The molecule has 3 aliphatic heterocycles. The van der Waals surface area contributed by atoms with E-state index in [1.165, 1.54) is 10.9 Å². The van der Waals surface area contributed by atoms with Crippen LogP contribution in [0.2, 0.25) is 0 Å². The Bertz CT molecular complexity index is 884. The summed E-state index contributed by atoms with van der Waals surface area (Å²) in [6.45, 7) is -0.790. The molecule has 5 unspecified atom stereocenters. The third-order valence-electron chi connectivity index (χ3n) is 5.93. The molecule has 34 heavy (non-hydrogen) atoms. The molecule has 9 atom stereocenters. The summed E-state index contributed by atoms with van der Waals surface area (Å²) in [7, 11) is 0. The third kappa shape index (κ3) is 4.90. The Morgan fingerprint density at radius 1 is 1.03 bits per heavy atom. The van der Waals surface area contributed by atoms with Gasteiger partial charge in [0, 0.05) is 13.0 Å². The number of aromatic nitrogens is 3. The summed E-state index contributed by atoms with van der Waals surface area (Å²) in [5.41, 5.74) is 0.287. The summed E-state index contributed by atoms with van der Waals surface area (Å²) in [6.07, 6.45) is -10.4. The summed E-state index contributed by atoms with van der Waals surface area (Å²) < 4.78 is 17.6. The van der Waals surface area contributed by atoms with Gasteiger partial charge in [0.05, 0.1) is 26.0 Å². The molecule has 0 spiro atoms. The number of aliphatic hydroxyl groups excluding tert-OH is 6. The second-order valence-corrected chi connectivity index (χ2v) is 8.28. The van der Waals surface area contributed by atoms with Gasteiger partial charge in [0.2, 0.25) is 5.91 Å². The smallest absolute Gasteiger partial charge is 0.326 e. The van der Waals surface area contributed by atoms with Crippen LogP contribution in [0.15, 0.2) is 6.20 Å². The number of rotatable bonds is 7. The first-order chi connectivity index (χ1) is 16.2. The maximum atomic E-state index is 12.0. The average Bonchev–Trinajstić information content (AvgIpc) is 3.37. The van der Waals surface area contributed by atoms with Crippen LogP contribution in [0.1, 0.15) is 12.1 Å². The maximum absolute atomic E-state index is 12.0. The minimum absolute atomic E-state index is 0.0316. The van der Waals surface area contributed by atoms with Crippen molar-refractivity contribution in [1.82, 2.24) is 25.2 Å². The SMILES string of the molecule is O=C1CCN([C@@H]2O[C@H](Cn3cc(CO[C@@H]4OC(CO)[C@@H](O)C(O)C4O)nn3)C(O)C2O)C(=O)N1. The number of nitrogens with zero attached hydrogens (tertiary/aromatic N) is 4. The molecule has 3 aliphatic rings. The molecular formula is C18H27N5O11. The van der Waals surface area contributed by atoms with Gasteiger partial charge in [-0.25, -0.2) is 9.48 Å². The molecule has 16 heteroatoms. The van der Waals surface area contributed by atoms with Crippen LogP contribution in [0.5, 0.6) is 0 Å². The van der Waals surface area contributed by atoms with Crippen molar-refractivity contribution >= 4 is 11.9 Å². The number of carbonyl (C=O) groups is 2. The largest absolute Gasteiger partial charge is 0.394 e. The van der Waals surface area contributed by atoms with Crippen molar-refractivity contribution in [1.29, 1.82) is 0 Å². The van der Waals surface area contributed by atoms with E-state index in [0.717, 1.165) is 4.90 Å². The number of aliphatic hydroxyl groups is 6. The molecule has 0 bridgehead atoms. The van der Waals surface area contributed by atoms with Crippen LogP contribution in [-0.2, 0) is 32.2 Å². The standard InChI is InChI=1S/C18H27N5O11/c24-5-9-12(27)13(28)15(30)17(34-9)32-6-7-3-22(21-20-7)4-8-11(26)14(29)16(33-8)23-2-1-10(25)19-18(23)31/h3,8-9,11-17,24,26-30H,1-2,4-6H2,(H,19,25,31)/t8-,9?,11?,12-,13?,14?,15?,16-,17-/m1/s1. The second-order valence-electron chi connectivity index (χ2n) is 8.28.